The van der Waals surface area contributed by atoms with Crippen LogP contribution >= 0.6 is 0 Å². The molecule has 1 aliphatic rings. The summed E-state index contributed by atoms with van der Waals surface area (Å²) < 4.78 is 32.5. The molecule has 0 radical (unpaired) electrons. The molecule has 1 heterocycles. The average molecular weight is 369 g/mol. The van der Waals surface area contributed by atoms with Crippen LogP contribution in [0.15, 0.2) is 29.2 Å². The molecule has 0 unspecified atom stereocenters. The van der Waals surface area contributed by atoms with Gasteiger partial charge < -0.3 is 15.0 Å². The topological polar surface area (TPSA) is 79.0 Å². The van der Waals surface area contributed by atoms with Gasteiger partial charge >= 0.3 is 0 Å². The minimum absolute atomic E-state index is 0.146. The van der Waals surface area contributed by atoms with Gasteiger partial charge in [-0.3, -0.25) is 4.79 Å². The molecular weight excluding hydrogens is 342 g/mol. The zero-order valence-corrected chi connectivity index (χ0v) is 15.9. The van der Waals surface area contributed by atoms with Crippen molar-refractivity contribution in [3.63, 3.8) is 0 Å². The zero-order chi connectivity index (χ0) is 18.4. The standard InChI is InChI=1S/C17H27N3O4S/c1-4-24-15-5-7-16(8-6-15)25(22,23)20(14(2)3)13-17(21)19-11-9-18-10-12-19/h5-8,14,18H,4,9-13H2,1-3H3. The normalized spacial score (nSPS) is 15.6. The van der Waals surface area contributed by atoms with E-state index < -0.39 is 10.0 Å². The van der Waals surface area contributed by atoms with Crippen LogP contribution in [0.25, 0.3) is 0 Å². The van der Waals surface area contributed by atoms with E-state index in [-0.39, 0.29) is 23.4 Å². The summed E-state index contributed by atoms with van der Waals surface area (Å²) in [5.74, 6) is 0.458. The fourth-order valence-electron chi connectivity index (χ4n) is 2.70. The number of nitrogens with zero attached hydrogens (tertiary/aromatic N) is 2. The Labute approximate surface area is 150 Å². The van der Waals surface area contributed by atoms with E-state index in [1.807, 2.05) is 6.92 Å². The molecule has 1 aliphatic heterocycles. The fourth-order valence-corrected chi connectivity index (χ4v) is 4.29. The van der Waals surface area contributed by atoms with E-state index in [1.54, 1.807) is 30.9 Å². The second-order valence-electron chi connectivity index (χ2n) is 6.18. The number of ether oxygens (including phenoxy) is 1. The van der Waals surface area contributed by atoms with Crippen molar-refractivity contribution >= 4 is 15.9 Å². The van der Waals surface area contributed by atoms with Crippen LogP contribution in [0.5, 0.6) is 5.75 Å². The Bertz CT molecular complexity index is 668. The predicted molar refractivity (Wildman–Crippen MR) is 96.1 cm³/mol. The molecule has 1 saturated heterocycles. The second kappa shape index (κ2) is 8.64. The first kappa shape index (κ1) is 19.7. The van der Waals surface area contributed by atoms with Crippen molar-refractivity contribution < 1.29 is 17.9 Å². The molecule has 0 bridgehead atoms. The highest BCUT2D eigenvalue weighted by Crippen LogP contribution is 2.21. The molecule has 0 atom stereocenters. The van der Waals surface area contributed by atoms with Crippen molar-refractivity contribution in [2.24, 2.45) is 0 Å². The summed E-state index contributed by atoms with van der Waals surface area (Å²) in [6, 6.07) is 5.99. The predicted octanol–water partition coefficient (Wildman–Crippen LogP) is 0.916. The van der Waals surface area contributed by atoms with Gasteiger partial charge in [0.15, 0.2) is 0 Å². The molecule has 0 aromatic heterocycles. The Hall–Kier alpha value is -1.64. The SMILES string of the molecule is CCOc1ccc(S(=O)(=O)N(CC(=O)N2CCNCC2)C(C)C)cc1. The van der Waals surface area contributed by atoms with Crippen LogP contribution in [-0.4, -0.2) is 68.9 Å². The Balaban J connectivity index is 2.17. The molecule has 140 valence electrons. The van der Waals surface area contributed by atoms with Crippen molar-refractivity contribution in [3.05, 3.63) is 24.3 Å². The van der Waals surface area contributed by atoms with Crippen LogP contribution in [0, 0.1) is 0 Å². The van der Waals surface area contributed by atoms with Gasteiger partial charge in [-0.25, -0.2) is 8.42 Å². The number of nitrogens with one attached hydrogen (secondary N) is 1. The van der Waals surface area contributed by atoms with E-state index in [2.05, 4.69) is 5.32 Å². The van der Waals surface area contributed by atoms with Gasteiger partial charge in [0.1, 0.15) is 5.75 Å². The Morgan fingerprint density at radius 3 is 2.36 bits per heavy atom. The van der Waals surface area contributed by atoms with E-state index in [0.717, 1.165) is 13.1 Å². The maximum absolute atomic E-state index is 13.0. The first-order valence-corrected chi connectivity index (χ1v) is 10.0. The van der Waals surface area contributed by atoms with Gasteiger partial charge in [-0.2, -0.15) is 4.31 Å². The summed E-state index contributed by atoms with van der Waals surface area (Å²) in [6.07, 6.45) is 0. The van der Waals surface area contributed by atoms with Gasteiger partial charge in [-0.1, -0.05) is 0 Å². The minimum atomic E-state index is -3.75. The lowest BCUT2D eigenvalue weighted by molar-refractivity contribution is -0.132. The summed E-state index contributed by atoms with van der Waals surface area (Å²) in [5, 5.41) is 3.18. The van der Waals surface area contributed by atoms with Crippen LogP contribution < -0.4 is 10.1 Å². The molecule has 1 fully saturated rings. The third kappa shape index (κ3) is 4.93. The van der Waals surface area contributed by atoms with Crippen molar-refractivity contribution in [2.45, 2.75) is 31.7 Å². The number of hydrogen-bond donors (Lipinski definition) is 1. The lowest BCUT2D eigenvalue weighted by Gasteiger charge is -2.31. The number of sulfonamides is 1. The van der Waals surface area contributed by atoms with Crippen LogP contribution in [0.3, 0.4) is 0 Å². The van der Waals surface area contributed by atoms with Crippen LogP contribution in [-0.2, 0) is 14.8 Å². The number of piperazine rings is 1. The first-order chi connectivity index (χ1) is 11.9. The molecule has 1 aromatic carbocycles. The minimum Gasteiger partial charge on any atom is -0.494 e. The summed E-state index contributed by atoms with van der Waals surface area (Å²) in [7, 11) is -3.75. The van der Waals surface area contributed by atoms with Crippen molar-refractivity contribution in [2.75, 3.05) is 39.3 Å². The number of carbonyl (C=O) groups excluding carboxylic acids is 1. The van der Waals surface area contributed by atoms with Crippen molar-refractivity contribution in [3.8, 4) is 5.75 Å². The highest BCUT2D eigenvalue weighted by atomic mass is 32.2. The van der Waals surface area contributed by atoms with Gasteiger partial charge in [0.05, 0.1) is 18.0 Å². The number of benzene rings is 1. The van der Waals surface area contributed by atoms with E-state index in [1.165, 1.54) is 16.4 Å². The van der Waals surface area contributed by atoms with Crippen LogP contribution in [0.2, 0.25) is 0 Å². The van der Waals surface area contributed by atoms with Crippen LogP contribution in [0.1, 0.15) is 20.8 Å². The van der Waals surface area contributed by atoms with Gasteiger partial charge in [0.25, 0.3) is 0 Å². The molecule has 0 saturated carbocycles. The monoisotopic (exact) mass is 369 g/mol. The number of hydrogen-bond acceptors (Lipinski definition) is 5. The Kier molecular flexibility index (Phi) is 6.80. The Morgan fingerprint density at radius 1 is 1.24 bits per heavy atom. The van der Waals surface area contributed by atoms with Gasteiger partial charge in [0, 0.05) is 32.2 Å². The van der Waals surface area contributed by atoms with E-state index in [4.69, 9.17) is 4.74 Å². The van der Waals surface area contributed by atoms with Gasteiger partial charge in [0.2, 0.25) is 15.9 Å². The second-order valence-corrected chi connectivity index (χ2v) is 8.07. The number of rotatable bonds is 7. The lowest BCUT2D eigenvalue weighted by Crippen LogP contribution is -2.51. The highest BCUT2D eigenvalue weighted by molar-refractivity contribution is 7.89. The van der Waals surface area contributed by atoms with E-state index in [9.17, 15) is 13.2 Å². The Morgan fingerprint density at radius 2 is 1.84 bits per heavy atom. The largest absolute Gasteiger partial charge is 0.494 e. The van der Waals surface area contributed by atoms with E-state index >= 15 is 0 Å². The molecule has 7 nitrogen and oxygen atoms in total. The van der Waals surface area contributed by atoms with Crippen LogP contribution in [0.4, 0.5) is 0 Å². The molecule has 2 rings (SSSR count). The molecule has 1 amide bonds. The number of carbonyl (C=O) groups is 1. The molecule has 25 heavy (non-hydrogen) atoms. The average Bonchev–Trinajstić information content (AvgIpc) is 2.60. The molecular formula is C17H27N3O4S. The summed E-state index contributed by atoms with van der Waals surface area (Å²) in [6.45, 7) is 8.47. The van der Waals surface area contributed by atoms with Crippen molar-refractivity contribution in [1.82, 2.24) is 14.5 Å². The van der Waals surface area contributed by atoms with Crippen molar-refractivity contribution in [1.29, 1.82) is 0 Å². The zero-order valence-electron chi connectivity index (χ0n) is 15.1. The molecule has 1 N–H and O–H groups in total. The molecule has 8 heteroatoms. The van der Waals surface area contributed by atoms with Gasteiger partial charge in [-0.05, 0) is 45.0 Å². The summed E-state index contributed by atoms with van der Waals surface area (Å²) in [5.41, 5.74) is 0. The fraction of sp³-hybridized carbons (Fsp3) is 0.588. The summed E-state index contributed by atoms with van der Waals surface area (Å²) >= 11 is 0. The first-order valence-electron chi connectivity index (χ1n) is 8.59. The maximum Gasteiger partial charge on any atom is 0.243 e. The lowest BCUT2D eigenvalue weighted by atomic mass is 10.3. The summed E-state index contributed by atoms with van der Waals surface area (Å²) in [4.78, 5) is 14.4. The quantitative estimate of drug-likeness (QED) is 0.773. The van der Waals surface area contributed by atoms with E-state index in [0.29, 0.717) is 25.4 Å². The third-order valence-corrected chi connectivity index (χ3v) is 6.11. The number of amides is 1. The molecule has 1 aromatic rings. The third-order valence-electron chi connectivity index (χ3n) is 4.08. The maximum atomic E-state index is 13.0. The molecule has 0 aliphatic carbocycles. The molecule has 0 spiro atoms. The smallest absolute Gasteiger partial charge is 0.243 e. The highest BCUT2D eigenvalue weighted by Gasteiger charge is 2.30. The van der Waals surface area contributed by atoms with Gasteiger partial charge in [-0.15, -0.1) is 0 Å².